The Bertz CT molecular complexity index is 821. The number of piperidine rings is 1. The van der Waals surface area contributed by atoms with Crippen LogP contribution >= 0.6 is 0 Å². The molecule has 1 aromatic heterocycles. The van der Waals surface area contributed by atoms with Crippen molar-refractivity contribution in [3.05, 3.63) is 29.7 Å². The third kappa shape index (κ3) is 4.04. The van der Waals surface area contributed by atoms with E-state index in [9.17, 15) is 4.79 Å². The van der Waals surface area contributed by atoms with Crippen LogP contribution in [0.5, 0.6) is 5.75 Å². The van der Waals surface area contributed by atoms with E-state index in [1.165, 1.54) is 0 Å². The van der Waals surface area contributed by atoms with Crippen molar-refractivity contribution in [2.75, 3.05) is 33.3 Å². The SMILES string of the molecule is COc1cc(-c2noc(CN3CCC(C(=O)N4CCCC4)CC3)n2)ccc1C. The molecule has 2 saturated heterocycles. The van der Waals surface area contributed by atoms with Gasteiger partial charge in [0.25, 0.3) is 0 Å². The van der Waals surface area contributed by atoms with Gasteiger partial charge in [-0.05, 0) is 57.3 Å². The van der Waals surface area contributed by atoms with Crippen molar-refractivity contribution in [1.29, 1.82) is 0 Å². The van der Waals surface area contributed by atoms with Crippen molar-refractivity contribution in [2.45, 2.75) is 39.2 Å². The van der Waals surface area contributed by atoms with Gasteiger partial charge < -0.3 is 14.2 Å². The summed E-state index contributed by atoms with van der Waals surface area (Å²) in [6.45, 7) is 6.28. The number of hydrogen-bond donors (Lipinski definition) is 0. The second-order valence-electron chi connectivity index (χ2n) is 7.78. The molecule has 28 heavy (non-hydrogen) atoms. The van der Waals surface area contributed by atoms with Crippen molar-refractivity contribution in [1.82, 2.24) is 19.9 Å². The van der Waals surface area contributed by atoms with Crippen LogP contribution in [0.25, 0.3) is 11.4 Å². The standard InChI is InChI=1S/C21H28N4O3/c1-15-5-6-17(13-18(15)27-2)20-22-19(28-23-20)14-24-11-7-16(8-12-24)21(26)25-9-3-4-10-25/h5-6,13,16H,3-4,7-12,14H2,1-2H3. The highest BCUT2D eigenvalue weighted by molar-refractivity contribution is 5.79. The van der Waals surface area contributed by atoms with E-state index in [0.717, 1.165) is 68.7 Å². The van der Waals surface area contributed by atoms with Crippen LogP contribution in [-0.4, -0.2) is 59.1 Å². The molecule has 0 bridgehead atoms. The van der Waals surface area contributed by atoms with Crippen molar-refractivity contribution in [3.8, 4) is 17.1 Å². The first kappa shape index (κ1) is 18.9. The number of carbonyl (C=O) groups is 1. The Morgan fingerprint density at radius 1 is 1.21 bits per heavy atom. The molecule has 1 aromatic carbocycles. The van der Waals surface area contributed by atoms with E-state index in [-0.39, 0.29) is 5.92 Å². The number of rotatable bonds is 5. The Hall–Kier alpha value is -2.41. The minimum atomic E-state index is 0.174. The highest BCUT2D eigenvalue weighted by Gasteiger charge is 2.30. The second kappa shape index (κ2) is 8.31. The summed E-state index contributed by atoms with van der Waals surface area (Å²) in [5, 5.41) is 4.12. The number of aryl methyl sites for hydroxylation is 1. The van der Waals surface area contributed by atoms with Gasteiger partial charge >= 0.3 is 0 Å². The predicted molar refractivity (Wildman–Crippen MR) is 105 cm³/mol. The van der Waals surface area contributed by atoms with Crippen molar-refractivity contribution in [2.24, 2.45) is 5.92 Å². The van der Waals surface area contributed by atoms with Crippen LogP contribution < -0.4 is 4.74 Å². The maximum absolute atomic E-state index is 12.6. The fourth-order valence-corrected chi connectivity index (χ4v) is 4.12. The largest absolute Gasteiger partial charge is 0.496 e. The molecule has 150 valence electrons. The lowest BCUT2D eigenvalue weighted by atomic mass is 9.95. The summed E-state index contributed by atoms with van der Waals surface area (Å²) >= 11 is 0. The molecular formula is C21H28N4O3. The molecule has 0 radical (unpaired) electrons. The van der Waals surface area contributed by atoms with Gasteiger partial charge in [0.2, 0.25) is 17.6 Å². The number of nitrogens with zero attached hydrogens (tertiary/aromatic N) is 4. The third-order valence-corrected chi connectivity index (χ3v) is 5.85. The Morgan fingerprint density at radius 3 is 2.68 bits per heavy atom. The molecule has 2 aliphatic rings. The summed E-state index contributed by atoms with van der Waals surface area (Å²) < 4.78 is 10.8. The molecule has 0 spiro atoms. The number of methoxy groups -OCH3 is 1. The molecule has 0 unspecified atom stereocenters. The molecule has 7 nitrogen and oxygen atoms in total. The fourth-order valence-electron chi connectivity index (χ4n) is 4.12. The minimum Gasteiger partial charge on any atom is -0.496 e. The lowest BCUT2D eigenvalue weighted by Gasteiger charge is -2.32. The van der Waals surface area contributed by atoms with Gasteiger partial charge in [-0.15, -0.1) is 0 Å². The van der Waals surface area contributed by atoms with E-state index in [4.69, 9.17) is 9.26 Å². The first-order valence-corrected chi connectivity index (χ1v) is 10.1. The minimum absolute atomic E-state index is 0.174. The number of carbonyl (C=O) groups excluding carboxylic acids is 1. The molecule has 2 fully saturated rings. The van der Waals surface area contributed by atoms with Crippen LogP contribution in [0.15, 0.2) is 22.7 Å². The topological polar surface area (TPSA) is 71.7 Å². The van der Waals surface area contributed by atoms with E-state index < -0.39 is 0 Å². The zero-order chi connectivity index (χ0) is 19.5. The van der Waals surface area contributed by atoms with Gasteiger partial charge in [0.15, 0.2) is 0 Å². The smallest absolute Gasteiger partial charge is 0.241 e. The van der Waals surface area contributed by atoms with Crippen LogP contribution in [-0.2, 0) is 11.3 Å². The van der Waals surface area contributed by atoms with Gasteiger partial charge in [0.05, 0.1) is 13.7 Å². The van der Waals surface area contributed by atoms with E-state index in [1.807, 2.05) is 30.0 Å². The van der Waals surface area contributed by atoms with Crippen molar-refractivity contribution >= 4 is 5.91 Å². The van der Waals surface area contributed by atoms with Crippen LogP contribution in [0, 0.1) is 12.8 Å². The van der Waals surface area contributed by atoms with Gasteiger partial charge in [-0.1, -0.05) is 17.3 Å². The summed E-state index contributed by atoms with van der Waals surface area (Å²) in [7, 11) is 1.66. The summed E-state index contributed by atoms with van der Waals surface area (Å²) in [6, 6.07) is 5.90. The Labute approximate surface area is 165 Å². The number of amides is 1. The number of aromatic nitrogens is 2. The zero-order valence-electron chi connectivity index (χ0n) is 16.7. The molecule has 7 heteroatoms. The maximum Gasteiger partial charge on any atom is 0.241 e. The summed E-state index contributed by atoms with van der Waals surface area (Å²) in [6.07, 6.45) is 4.12. The summed E-state index contributed by atoms with van der Waals surface area (Å²) in [5.74, 6) is 2.53. The van der Waals surface area contributed by atoms with Gasteiger partial charge in [-0.3, -0.25) is 9.69 Å². The van der Waals surface area contributed by atoms with Gasteiger partial charge in [0.1, 0.15) is 5.75 Å². The molecule has 0 saturated carbocycles. The van der Waals surface area contributed by atoms with Crippen LogP contribution in [0.3, 0.4) is 0 Å². The molecule has 1 amide bonds. The predicted octanol–water partition coefficient (Wildman–Crippen LogP) is 2.89. The zero-order valence-corrected chi connectivity index (χ0v) is 16.7. The van der Waals surface area contributed by atoms with Crippen molar-refractivity contribution in [3.63, 3.8) is 0 Å². The fraction of sp³-hybridized carbons (Fsp3) is 0.571. The molecule has 2 aromatic rings. The van der Waals surface area contributed by atoms with E-state index in [2.05, 4.69) is 15.0 Å². The van der Waals surface area contributed by atoms with Crippen molar-refractivity contribution < 1.29 is 14.1 Å². The van der Waals surface area contributed by atoms with Gasteiger partial charge in [-0.25, -0.2) is 0 Å². The highest BCUT2D eigenvalue weighted by atomic mass is 16.5. The van der Waals surface area contributed by atoms with E-state index in [0.29, 0.717) is 24.2 Å². The maximum atomic E-state index is 12.6. The van der Waals surface area contributed by atoms with Crippen LogP contribution in [0.2, 0.25) is 0 Å². The first-order valence-electron chi connectivity index (χ1n) is 10.1. The average Bonchev–Trinajstić information content (AvgIpc) is 3.41. The lowest BCUT2D eigenvalue weighted by molar-refractivity contribution is -0.136. The summed E-state index contributed by atoms with van der Waals surface area (Å²) in [4.78, 5) is 21.4. The third-order valence-electron chi connectivity index (χ3n) is 5.85. The highest BCUT2D eigenvalue weighted by Crippen LogP contribution is 2.26. The van der Waals surface area contributed by atoms with Crippen LogP contribution in [0.1, 0.15) is 37.1 Å². The number of ether oxygens (including phenoxy) is 1. The Morgan fingerprint density at radius 2 is 1.96 bits per heavy atom. The van der Waals surface area contributed by atoms with Gasteiger partial charge in [0, 0.05) is 24.6 Å². The molecule has 0 atom stereocenters. The molecular weight excluding hydrogens is 356 g/mol. The molecule has 0 aliphatic carbocycles. The molecule has 3 heterocycles. The van der Waals surface area contributed by atoms with E-state index >= 15 is 0 Å². The molecule has 4 rings (SSSR count). The number of hydrogen-bond acceptors (Lipinski definition) is 6. The molecule has 0 N–H and O–H groups in total. The number of likely N-dealkylation sites (tertiary alicyclic amines) is 2. The van der Waals surface area contributed by atoms with E-state index in [1.54, 1.807) is 7.11 Å². The second-order valence-corrected chi connectivity index (χ2v) is 7.78. The Balaban J connectivity index is 1.33. The van der Waals surface area contributed by atoms with Crippen LogP contribution in [0.4, 0.5) is 0 Å². The summed E-state index contributed by atoms with van der Waals surface area (Å²) in [5.41, 5.74) is 1.95. The lowest BCUT2D eigenvalue weighted by Crippen LogP contribution is -2.41. The number of benzene rings is 1. The quantitative estimate of drug-likeness (QED) is 0.789. The average molecular weight is 384 g/mol. The first-order chi connectivity index (χ1) is 13.6. The Kier molecular flexibility index (Phi) is 5.62. The monoisotopic (exact) mass is 384 g/mol. The normalized spacial score (nSPS) is 18.6. The van der Waals surface area contributed by atoms with Gasteiger partial charge in [-0.2, -0.15) is 4.98 Å². The molecule has 2 aliphatic heterocycles.